The molecule has 4 nitrogen and oxygen atoms in total. The first-order valence-electron chi connectivity index (χ1n) is 5.47. The van der Waals surface area contributed by atoms with Crippen LogP contribution < -0.4 is 0 Å². The SMILES string of the molecule is CN([Si](C)(C)C)P1(F)=NC(C(F)(F)F)=NC(C(F)(F)F)=N1. The van der Waals surface area contributed by atoms with Crippen molar-refractivity contribution in [1.29, 1.82) is 0 Å². The Hall–Kier alpha value is -0.743. The molecule has 0 aromatic carbocycles. The molecule has 1 heterocycles. The van der Waals surface area contributed by atoms with Crippen molar-refractivity contribution in [2.45, 2.75) is 32.0 Å². The van der Waals surface area contributed by atoms with Gasteiger partial charge in [-0.3, -0.25) is 4.34 Å². The van der Waals surface area contributed by atoms with Crippen LogP contribution in [0.4, 0.5) is 30.5 Å². The van der Waals surface area contributed by atoms with Gasteiger partial charge in [0.2, 0.25) is 11.7 Å². The molecule has 0 spiro atoms. The molecule has 1 aliphatic rings. The molecule has 0 aromatic rings. The topological polar surface area (TPSA) is 40.3 Å². The van der Waals surface area contributed by atoms with Crippen LogP contribution in [0.1, 0.15) is 0 Å². The number of hydrogen-bond donors (Lipinski definition) is 0. The van der Waals surface area contributed by atoms with Crippen molar-refractivity contribution in [3.63, 3.8) is 0 Å². The van der Waals surface area contributed by atoms with Crippen molar-refractivity contribution < 1.29 is 30.5 Å². The molecular weight excluding hydrogens is 344 g/mol. The fourth-order valence-electron chi connectivity index (χ4n) is 1.16. The van der Waals surface area contributed by atoms with Crippen LogP contribution in [0.5, 0.6) is 0 Å². The van der Waals surface area contributed by atoms with E-state index in [4.69, 9.17) is 0 Å². The maximum absolute atomic E-state index is 14.7. The largest absolute Gasteiger partial charge is 0.451 e. The number of amidine groups is 2. The minimum absolute atomic E-state index is 0.798. The Kier molecular flexibility index (Phi) is 4.50. The first kappa shape index (κ1) is 18.3. The summed E-state index contributed by atoms with van der Waals surface area (Å²) < 4.78 is 96.6. The summed E-state index contributed by atoms with van der Waals surface area (Å²) in [5, 5.41) is 0. The summed E-state index contributed by atoms with van der Waals surface area (Å²) in [7, 11) is -6.34. The third-order valence-corrected chi connectivity index (χ3v) is 8.67. The minimum atomic E-state index is -5.29. The summed E-state index contributed by atoms with van der Waals surface area (Å²) in [5.74, 6) is -4.29. The number of rotatable bonds is 2. The van der Waals surface area contributed by atoms with E-state index in [0.717, 1.165) is 11.4 Å². The second-order valence-corrected chi connectivity index (χ2v) is 12.5. The summed E-state index contributed by atoms with van der Waals surface area (Å²) in [6.45, 7) is 4.64. The van der Waals surface area contributed by atoms with Crippen LogP contribution in [0, 0.1) is 0 Å². The highest BCUT2D eigenvalue weighted by molar-refractivity contribution is 7.60. The third kappa shape index (κ3) is 4.13. The fraction of sp³-hybridized carbons (Fsp3) is 0.750. The standard InChI is InChI=1S/C8H12F7N4PSi/c1-19(21(2,3)4)20(15)17-5(7(9,10)11)16-6(18-20)8(12,13)14/h1-4H3. The van der Waals surface area contributed by atoms with Gasteiger partial charge in [-0.1, -0.05) is 19.6 Å². The molecule has 0 fully saturated rings. The molecule has 0 bridgehead atoms. The van der Waals surface area contributed by atoms with E-state index in [0.29, 0.717) is 0 Å². The predicted octanol–water partition coefficient (Wildman–Crippen LogP) is 4.60. The Labute approximate surface area is 117 Å². The van der Waals surface area contributed by atoms with Crippen LogP contribution in [0.15, 0.2) is 14.5 Å². The lowest BCUT2D eigenvalue weighted by Crippen LogP contribution is -2.41. The summed E-state index contributed by atoms with van der Waals surface area (Å²) >= 11 is 0. The Bertz CT molecular complexity index is 528. The highest BCUT2D eigenvalue weighted by Gasteiger charge is 2.49. The lowest BCUT2D eigenvalue weighted by atomic mass is 10.5. The Morgan fingerprint density at radius 1 is 0.952 bits per heavy atom. The quantitative estimate of drug-likeness (QED) is 0.405. The molecule has 1 aliphatic heterocycles. The van der Waals surface area contributed by atoms with Gasteiger partial charge in [-0.05, 0) is 7.05 Å². The van der Waals surface area contributed by atoms with Gasteiger partial charge >= 0.3 is 20.0 Å². The number of alkyl halides is 6. The van der Waals surface area contributed by atoms with Gasteiger partial charge in [-0.25, -0.2) is 4.99 Å². The van der Waals surface area contributed by atoms with Gasteiger partial charge in [0.1, 0.15) is 8.24 Å². The van der Waals surface area contributed by atoms with Gasteiger partial charge in [0.25, 0.3) is 0 Å². The normalized spacial score (nSPS) is 24.6. The molecule has 0 aliphatic carbocycles. The van der Waals surface area contributed by atoms with E-state index in [1.807, 2.05) is 0 Å². The zero-order chi connectivity index (χ0) is 16.9. The van der Waals surface area contributed by atoms with E-state index < -0.39 is 39.9 Å². The number of nitrogens with zero attached hydrogens (tertiary/aromatic N) is 4. The second-order valence-electron chi connectivity index (χ2n) is 5.14. The summed E-state index contributed by atoms with van der Waals surface area (Å²) in [4.78, 5) is 2.31. The molecule has 1 unspecified atom stereocenters. The average molecular weight is 356 g/mol. The van der Waals surface area contributed by atoms with Crippen molar-refractivity contribution in [2.24, 2.45) is 14.5 Å². The van der Waals surface area contributed by atoms with E-state index in [1.165, 1.54) is 0 Å². The van der Waals surface area contributed by atoms with Gasteiger partial charge < -0.3 is 0 Å². The van der Waals surface area contributed by atoms with Gasteiger partial charge in [0, 0.05) is 0 Å². The van der Waals surface area contributed by atoms with Gasteiger partial charge in [0.15, 0.2) is 0 Å². The number of aliphatic imine (C=N–C) groups is 1. The third-order valence-electron chi connectivity index (χ3n) is 2.52. The Balaban J connectivity index is 3.55. The molecular formula is C8H12F7N4PSi. The van der Waals surface area contributed by atoms with Gasteiger partial charge in [-0.2, -0.15) is 40.0 Å². The van der Waals surface area contributed by atoms with Crippen molar-refractivity contribution in [3.05, 3.63) is 0 Å². The number of hydrogen-bond acceptors (Lipinski definition) is 4. The molecule has 0 saturated heterocycles. The van der Waals surface area contributed by atoms with Crippen LogP contribution >= 0.6 is 7.67 Å². The van der Waals surface area contributed by atoms with Crippen molar-refractivity contribution >= 4 is 27.6 Å². The smallest absolute Gasteiger partial charge is 0.252 e. The summed E-state index contributed by atoms with van der Waals surface area (Å²) in [6, 6.07) is 0. The molecule has 0 N–H and O–H groups in total. The molecule has 0 radical (unpaired) electrons. The van der Waals surface area contributed by atoms with Crippen molar-refractivity contribution in [2.75, 3.05) is 7.05 Å². The van der Waals surface area contributed by atoms with E-state index in [1.54, 1.807) is 19.6 Å². The van der Waals surface area contributed by atoms with E-state index >= 15 is 0 Å². The first-order chi connectivity index (χ1) is 9.07. The lowest BCUT2D eigenvalue weighted by Gasteiger charge is -2.34. The zero-order valence-electron chi connectivity index (χ0n) is 11.4. The van der Waals surface area contributed by atoms with Crippen LogP contribution in [0.2, 0.25) is 19.6 Å². The summed E-state index contributed by atoms with van der Waals surface area (Å²) in [6.07, 6.45) is -10.6. The molecule has 0 saturated carbocycles. The molecule has 0 aromatic heterocycles. The summed E-state index contributed by atoms with van der Waals surface area (Å²) in [5.41, 5.74) is 0. The molecule has 21 heavy (non-hydrogen) atoms. The molecule has 1 rings (SSSR count). The van der Waals surface area contributed by atoms with Crippen molar-refractivity contribution in [1.82, 2.24) is 4.34 Å². The Morgan fingerprint density at radius 2 is 1.38 bits per heavy atom. The molecule has 122 valence electrons. The van der Waals surface area contributed by atoms with Crippen molar-refractivity contribution in [3.8, 4) is 0 Å². The van der Waals surface area contributed by atoms with Crippen LogP contribution in [0.3, 0.4) is 0 Å². The van der Waals surface area contributed by atoms with Gasteiger partial charge in [-0.15, -0.1) is 0 Å². The van der Waals surface area contributed by atoms with Crippen LogP contribution in [-0.4, -0.2) is 43.6 Å². The fourth-order valence-corrected chi connectivity index (χ4v) is 5.60. The molecule has 13 heteroatoms. The highest BCUT2D eigenvalue weighted by Crippen LogP contribution is 2.60. The molecule has 0 amide bonds. The Morgan fingerprint density at radius 3 is 1.71 bits per heavy atom. The van der Waals surface area contributed by atoms with E-state index in [9.17, 15) is 30.5 Å². The first-order valence-corrected chi connectivity index (χ1v) is 10.5. The minimum Gasteiger partial charge on any atom is -0.252 e. The highest BCUT2D eigenvalue weighted by atomic mass is 31.2. The number of halogens is 7. The monoisotopic (exact) mass is 356 g/mol. The van der Waals surface area contributed by atoms with E-state index in [2.05, 4.69) is 14.5 Å². The van der Waals surface area contributed by atoms with Crippen LogP contribution in [0.25, 0.3) is 0 Å². The van der Waals surface area contributed by atoms with E-state index in [-0.39, 0.29) is 0 Å². The maximum atomic E-state index is 14.7. The van der Waals surface area contributed by atoms with Crippen LogP contribution in [-0.2, 0) is 0 Å². The lowest BCUT2D eigenvalue weighted by molar-refractivity contribution is -0.0634. The maximum Gasteiger partial charge on any atom is 0.451 e. The average Bonchev–Trinajstić information content (AvgIpc) is 2.23. The molecule has 1 atom stereocenters. The predicted molar refractivity (Wildman–Crippen MR) is 68.5 cm³/mol. The zero-order valence-corrected chi connectivity index (χ0v) is 13.3. The second kappa shape index (κ2) is 5.16. The van der Waals surface area contributed by atoms with Gasteiger partial charge in [0.05, 0.1) is 0 Å².